The maximum absolute atomic E-state index is 13.3. The van der Waals surface area contributed by atoms with Gasteiger partial charge in [-0.15, -0.1) is 0 Å². The van der Waals surface area contributed by atoms with E-state index >= 15 is 0 Å². The highest BCUT2D eigenvalue weighted by molar-refractivity contribution is 5.85. The summed E-state index contributed by atoms with van der Waals surface area (Å²) in [5.74, 6) is 2.97. The van der Waals surface area contributed by atoms with Crippen molar-refractivity contribution in [1.29, 1.82) is 0 Å². The number of likely N-dealkylation sites (tertiary alicyclic amines) is 1. The second-order valence-electron chi connectivity index (χ2n) is 8.77. The molecule has 1 heterocycles. The van der Waals surface area contributed by atoms with Gasteiger partial charge in [-0.25, -0.2) is 0 Å². The predicted molar refractivity (Wildman–Crippen MR) is 105 cm³/mol. The Labute approximate surface area is 159 Å². The first-order valence-corrected chi connectivity index (χ1v) is 10.0. The van der Waals surface area contributed by atoms with Crippen molar-refractivity contribution in [3.8, 4) is 5.75 Å². The Kier molecular flexibility index (Phi) is 5.64. The zero-order valence-electron chi connectivity index (χ0n) is 16.4. The van der Waals surface area contributed by atoms with Crippen LogP contribution in [0.15, 0.2) is 24.3 Å². The number of hydrogen-bond acceptors (Lipinski definition) is 2. The minimum Gasteiger partial charge on any atom is -0.497 e. The van der Waals surface area contributed by atoms with E-state index in [-0.39, 0.29) is 12.8 Å². The van der Waals surface area contributed by atoms with Gasteiger partial charge in [0.1, 0.15) is 5.75 Å². The van der Waals surface area contributed by atoms with Gasteiger partial charge in [-0.1, -0.05) is 39.3 Å². The van der Waals surface area contributed by atoms with Crippen LogP contribution in [0.2, 0.25) is 0 Å². The second kappa shape index (κ2) is 7.62. The summed E-state index contributed by atoms with van der Waals surface area (Å²) in [4.78, 5) is 15.6. The van der Waals surface area contributed by atoms with Gasteiger partial charge in [-0.2, -0.15) is 0 Å². The SMILES string of the molecule is COc1cccc(CC2(C)CCN(C3CCC4CCCC3C4)C2=O)c1.[CH2]. The molecule has 2 radical (unpaired) electrons. The smallest absolute Gasteiger partial charge is 0.229 e. The second-order valence-corrected chi connectivity index (χ2v) is 8.77. The van der Waals surface area contributed by atoms with Crippen LogP contribution in [-0.4, -0.2) is 30.5 Å². The average molecular weight is 356 g/mol. The number of ether oxygens (including phenoxy) is 1. The monoisotopic (exact) mass is 355 g/mol. The highest BCUT2D eigenvalue weighted by Crippen LogP contribution is 2.45. The van der Waals surface area contributed by atoms with E-state index in [1.54, 1.807) is 7.11 Å². The third kappa shape index (κ3) is 3.50. The van der Waals surface area contributed by atoms with Crippen LogP contribution in [0.3, 0.4) is 0 Å². The summed E-state index contributed by atoms with van der Waals surface area (Å²) in [6.45, 7) is 3.12. The van der Waals surface area contributed by atoms with E-state index in [2.05, 4.69) is 24.0 Å². The first kappa shape index (κ1) is 19.3. The fraction of sp³-hybridized carbons (Fsp3) is 0.652. The van der Waals surface area contributed by atoms with Crippen LogP contribution in [0.1, 0.15) is 57.4 Å². The average Bonchev–Trinajstić information content (AvgIpc) is 2.91. The predicted octanol–water partition coefficient (Wildman–Crippen LogP) is 4.77. The molecule has 3 nitrogen and oxygen atoms in total. The highest BCUT2D eigenvalue weighted by atomic mass is 16.5. The van der Waals surface area contributed by atoms with Crippen molar-refractivity contribution in [2.24, 2.45) is 17.3 Å². The van der Waals surface area contributed by atoms with Crippen molar-refractivity contribution in [2.75, 3.05) is 13.7 Å². The van der Waals surface area contributed by atoms with Crippen LogP contribution in [0.25, 0.3) is 0 Å². The van der Waals surface area contributed by atoms with Crippen LogP contribution in [0.4, 0.5) is 0 Å². The van der Waals surface area contributed by atoms with Crippen molar-refractivity contribution in [3.05, 3.63) is 37.3 Å². The summed E-state index contributed by atoms with van der Waals surface area (Å²) in [7, 11) is 1.70. The number of fused-ring (bicyclic) bond motifs is 2. The van der Waals surface area contributed by atoms with Gasteiger partial charge >= 0.3 is 0 Å². The first-order chi connectivity index (χ1) is 12.1. The lowest BCUT2D eigenvalue weighted by Gasteiger charge is -2.44. The number of carbonyl (C=O) groups is 1. The van der Waals surface area contributed by atoms with E-state index < -0.39 is 0 Å². The van der Waals surface area contributed by atoms with E-state index in [4.69, 9.17) is 4.74 Å². The zero-order chi connectivity index (χ0) is 17.4. The lowest BCUT2D eigenvalue weighted by molar-refractivity contribution is -0.139. The summed E-state index contributed by atoms with van der Waals surface area (Å²) in [6.07, 6.45) is 9.85. The van der Waals surface area contributed by atoms with Crippen molar-refractivity contribution < 1.29 is 9.53 Å². The van der Waals surface area contributed by atoms with E-state index in [0.29, 0.717) is 11.9 Å². The Morgan fingerprint density at radius 3 is 2.88 bits per heavy atom. The molecular weight excluding hydrogens is 322 g/mol. The molecular formula is C23H33NO2. The minimum absolute atomic E-state index is 0. The van der Waals surface area contributed by atoms with Gasteiger partial charge in [-0.05, 0) is 68.1 Å². The number of methoxy groups -OCH3 is 1. The van der Waals surface area contributed by atoms with Crippen molar-refractivity contribution in [1.82, 2.24) is 4.90 Å². The third-order valence-electron chi connectivity index (χ3n) is 7.05. The Morgan fingerprint density at radius 1 is 1.23 bits per heavy atom. The van der Waals surface area contributed by atoms with Gasteiger partial charge in [0, 0.05) is 12.6 Å². The van der Waals surface area contributed by atoms with Crippen LogP contribution in [-0.2, 0) is 11.2 Å². The third-order valence-corrected chi connectivity index (χ3v) is 7.05. The van der Waals surface area contributed by atoms with Gasteiger partial charge in [0.2, 0.25) is 5.91 Å². The molecule has 1 aliphatic heterocycles. The molecule has 3 aliphatic rings. The molecule has 2 aliphatic carbocycles. The molecule has 26 heavy (non-hydrogen) atoms. The quantitative estimate of drug-likeness (QED) is 0.778. The molecule has 3 heteroatoms. The molecule has 0 N–H and O–H groups in total. The molecule has 1 aromatic rings. The summed E-state index contributed by atoms with van der Waals surface area (Å²) >= 11 is 0. The topological polar surface area (TPSA) is 29.5 Å². The summed E-state index contributed by atoms with van der Waals surface area (Å²) in [5.41, 5.74) is 0.955. The van der Waals surface area contributed by atoms with Crippen LogP contribution in [0, 0.1) is 24.7 Å². The number of benzene rings is 1. The van der Waals surface area contributed by atoms with Crippen molar-refractivity contribution in [2.45, 2.75) is 64.3 Å². The van der Waals surface area contributed by atoms with Gasteiger partial charge < -0.3 is 9.64 Å². The molecule has 2 bridgehead atoms. The molecule has 1 saturated heterocycles. The first-order valence-electron chi connectivity index (χ1n) is 10.0. The van der Waals surface area contributed by atoms with Gasteiger partial charge in [0.05, 0.1) is 12.5 Å². The molecule has 142 valence electrons. The number of rotatable bonds is 4. The van der Waals surface area contributed by atoms with Crippen molar-refractivity contribution >= 4 is 5.91 Å². The summed E-state index contributed by atoms with van der Waals surface area (Å²) < 4.78 is 5.35. The largest absolute Gasteiger partial charge is 0.497 e. The van der Waals surface area contributed by atoms with E-state index in [9.17, 15) is 4.79 Å². The van der Waals surface area contributed by atoms with Gasteiger partial charge in [0.25, 0.3) is 0 Å². The lowest BCUT2D eigenvalue weighted by Crippen LogP contribution is -2.48. The maximum atomic E-state index is 13.3. The Bertz CT molecular complexity index is 643. The molecule has 3 fully saturated rings. The molecule has 2 saturated carbocycles. The number of nitrogens with zero attached hydrogens (tertiary/aromatic N) is 1. The molecule has 4 unspecified atom stereocenters. The standard InChI is InChI=1S/C22H31NO2.CH2/c1-22(15-17-6-4-8-19(14-17)25-2)11-12-23(21(22)24)20-10-9-16-5-3-7-18(20)13-16;/h4,6,8,14,16,18,20H,3,5,7,9-13,15H2,1-2H3;1H2. The number of carbonyl (C=O) groups excluding carboxylic acids is 1. The molecule has 1 amide bonds. The van der Waals surface area contributed by atoms with Gasteiger partial charge in [-0.3, -0.25) is 4.79 Å². The Balaban J connectivity index is 0.00000196. The van der Waals surface area contributed by atoms with Crippen molar-refractivity contribution in [3.63, 3.8) is 0 Å². The number of hydrogen-bond donors (Lipinski definition) is 0. The highest BCUT2D eigenvalue weighted by Gasteiger charge is 2.48. The maximum Gasteiger partial charge on any atom is 0.229 e. The molecule has 4 rings (SSSR count). The minimum atomic E-state index is -0.252. The number of amides is 1. The van der Waals surface area contributed by atoms with E-state index in [0.717, 1.165) is 37.0 Å². The summed E-state index contributed by atoms with van der Waals surface area (Å²) in [5, 5.41) is 0. The van der Waals surface area contributed by atoms with Crippen LogP contribution in [0.5, 0.6) is 5.75 Å². The Hall–Kier alpha value is -1.51. The van der Waals surface area contributed by atoms with E-state index in [1.807, 2.05) is 12.1 Å². The fourth-order valence-corrected chi connectivity index (χ4v) is 5.63. The molecule has 4 atom stereocenters. The molecule has 1 aromatic carbocycles. The van der Waals surface area contributed by atoms with E-state index in [1.165, 1.54) is 44.1 Å². The van der Waals surface area contributed by atoms with Crippen LogP contribution >= 0.6 is 0 Å². The Morgan fingerprint density at radius 2 is 2.08 bits per heavy atom. The molecule has 0 spiro atoms. The van der Waals surface area contributed by atoms with Gasteiger partial charge in [0.15, 0.2) is 0 Å². The summed E-state index contributed by atoms with van der Waals surface area (Å²) in [6, 6.07) is 8.70. The fourth-order valence-electron chi connectivity index (χ4n) is 5.63. The molecule has 0 aromatic heterocycles. The zero-order valence-corrected chi connectivity index (χ0v) is 16.4. The van der Waals surface area contributed by atoms with Crippen LogP contribution < -0.4 is 4.74 Å². The lowest BCUT2D eigenvalue weighted by atomic mass is 9.69. The normalized spacial score (nSPS) is 33.7.